The minimum absolute atomic E-state index is 0. The molecule has 0 aliphatic heterocycles. The van der Waals surface area contributed by atoms with Gasteiger partial charge in [-0.05, 0) is 0 Å². The Labute approximate surface area is 39.9 Å². The van der Waals surface area contributed by atoms with Gasteiger partial charge < -0.3 is 6.15 Å². The van der Waals surface area contributed by atoms with Gasteiger partial charge in [-0.25, -0.2) is 0 Å². The Bertz CT molecular complexity index is 53.7. The number of rotatable bonds is 0. The summed E-state index contributed by atoms with van der Waals surface area (Å²) in [4.78, 5) is 0. The van der Waals surface area contributed by atoms with Gasteiger partial charge in [0.05, 0.1) is 0 Å². The molecule has 0 aromatic rings. The first kappa shape index (κ1) is 9.68. The van der Waals surface area contributed by atoms with Crippen molar-refractivity contribution in [3.8, 4) is 0 Å². The molecule has 0 fully saturated rings. The van der Waals surface area contributed by atoms with Gasteiger partial charge in [-0.1, -0.05) is 0 Å². The summed E-state index contributed by atoms with van der Waals surface area (Å²) in [5.74, 6) is 0. The molecule has 0 unspecified atom stereocenters. The number of hydrogen-bond acceptors (Lipinski definition) is 2. The molecule has 0 aromatic carbocycles. The van der Waals surface area contributed by atoms with Crippen LogP contribution in [0.2, 0.25) is 0 Å². The molecular weight excluding hydrogens is 200 g/mol. The van der Waals surface area contributed by atoms with E-state index in [1.54, 1.807) is 0 Å². The fourth-order valence-corrected chi connectivity index (χ4v) is 0. The van der Waals surface area contributed by atoms with Crippen molar-refractivity contribution < 1.29 is 13.2 Å². The Morgan fingerprint density at radius 3 is 1.17 bits per heavy atom. The van der Waals surface area contributed by atoms with Gasteiger partial charge >= 0.3 is 33.2 Å². The summed E-state index contributed by atoms with van der Waals surface area (Å²) in [7, 11) is 0. The van der Waals surface area contributed by atoms with Crippen LogP contribution < -0.4 is 6.15 Å². The van der Waals surface area contributed by atoms with E-state index in [1.165, 1.54) is 0 Å². The molecule has 0 aromatic heterocycles. The molecule has 0 aliphatic carbocycles. The van der Waals surface area contributed by atoms with Crippen LogP contribution in [0.4, 0.5) is 0 Å². The molecule has 0 saturated heterocycles. The molecule has 6 N–H and O–H groups in total. The second-order valence-corrected chi connectivity index (χ2v) is 3.44. The Hall–Kier alpha value is 0.458. The van der Waals surface area contributed by atoms with Gasteiger partial charge in [0.2, 0.25) is 0 Å². The van der Waals surface area contributed by atoms with Crippen LogP contribution in [0.5, 0.6) is 0 Å². The van der Waals surface area contributed by atoms with Crippen molar-refractivity contribution in [2.24, 2.45) is 0 Å². The van der Waals surface area contributed by atoms with Crippen LogP contribution >= 0.6 is 0 Å². The Morgan fingerprint density at radius 1 is 1.17 bits per heavy atom. The normalized spacial score (nSPS) is 9.83. The van der Waals surface area contributed by atoms with E-state index in [-0.39, 0.29) is 6.15 Å². The predicted molar refractivity (Wildman–Crippen MR) is 18.1 cm³/mol. The summed E-state index contributed by atoms with van der Waals surface area (Å²) in [5.41, 5.74) is 0. The van der Waals surface area contributed by atoms with Crippen molar-refractivity contribution in [3.63, 3.8) is 0 Å². The third kappa shape index (κ3) is 254. The molecule has 0 saturated carbocycles. The summed E-state index contributed by atoms with van der Waals surface area (Å²) in [5, 5.41) is 0. The standard InChI is InChI=1S/H3N.3H2O.O.Sb/h1H3;3*1H2;;/q;;;;;+3/p-3. The van der Waals surface area contributed by atoms with Crippen molar-refractivity contribution >= 4 is 20.1 Å². The maximum absolute atomic E-state index is 8.97. The fraction of sp³-hybridized carbons (Fsp3) is 0. The van der Waals surface area contributed by atoms with Gasteiger partial charge in [0.25, 0.3) is 0 Å². The van der Waals surface area contributed by atoms with E-state index in [9.17, 15) is 0 Å². The average molecular weight is 206 g/mol. The van der Waals surface area contributed by atoms with Gasteiger partial charge in [-0.2, -0.15) is 0 Å². The molecule has 6 heteroatoms. The Kier molecular flexibility index (Phi) is 4.20. The monoisotopic (exact) mass is 205 g/mol. The van der Waals surface area contributed by atoms with Gasteiger partial charge in [-0.15, -0.1) is 0 Å². The van der Waals surface area contributed by atoms with E-state index in [2.05, 4.69) is 0 Å². The molecule has 0 bridgehead atoms. The molecule has 0 radical (unpaired) electrons. The molecule has 0 rings (SSSR count). The molecule has 0 spiro atoms. The fourth-order valence-electron chi connectivity index (χ4n) is 0. The molecule has 5 nitrogen and oxygen atoms in total. The van der Waals surface area contributed by atoms with Crippen LogP contribution in [0.3, 0.4) is 0 Å². The molecule has 6 heavy (non-hydrogen) atoms. The van der Waals surface area contributed by atoms with E-state index >= 15 is 0 Å². The van der Waals surface area contributed by atoms with Crippen LogP contribution in [0.25, 0.3) is 0 Å². The topological polar surface area (TPSA) is 113 Å². The van der Waals surface area contributed by atoms with Crippen molar-refractivity contribution in [2.45, 2.75) is 0 Å². The third-order valence-electron chi connectivity index (χ3n) is 0. The van der Waals surface area contributed by atoms with Crippen LogP contribution in [0, 0.1) is 0 Å². The van der Waals surface area contributed by atoms with E-state index < -0.39 is 20.1 Å². The summed E-state index contributed by atoms with van der Waals surface area (Å²) in [6, 6.07) is 0. The Morgan fingerprint density at radius 2 is 1.17 bits per heavy atom. The van der Waals surface area contributed by atoms with Gasteiger partial charge in [0, 0.05) is 0 Å². The van der Waals surface area contributed by atoms with Gasteiger partial charge in [-0.3, -0.25) is 0 Å². The van der Waals surface area contributed by atoms with Crippen LogP contribution in [-0.4, -0.2) is 30.2 Å². The summed E-state index contributed by atoms with van der Waals surface area (Å²) in [6.07, 6.45) is 0. The average Bonchev–Trinajstić information content (AvgIpc) is 0.722. The zero-order chi connectivity index (χ0) is 4.50. The molecule has 0 atom stereocenters. The third-order valence-corrected chi connectivity index (χ3v) is 0. The maximum atomic E-state index is 8.97. The zero-order valence-corrected chi connectivity index (χ0v) is 5.46. The second kappa shape index (κ2) is 2.60. The SMILES string of the molecule is N.[O]=[Sb]([OH])([OH])[OH]. The van der Waals surface area contributed by atoms with Crippen LogP contribution in [0.15, 0.2) is 0 Å². The number of hydrogen-bond donors (Lipinski definition) is 4. The summed E-state index contributed by atoms with van der Waals surface area (Å²) in [6.45, 7) is 0. The van der Waals surface area contributed by atoms with Gasteiger partial charge in [0.1, 0.15) is 0 Å². The summed E-state index contributed by atoms with van der Waals surface area (Å²) < 4.78 is 30.8. The predicted octanol–water partition coefficient (Wildman–Crippen LogP) is -2.01. The van der Waals surface area contributed by atoms with Crippen LogP contribution in [0.1, 0.15) is 0 Å². The Balaban J connectivity index is 0. The minimum atomic E-state index is -5.35. The van der Waals surface area contributed by atoms with Gasteiger partial charge in [0.15, 0.2) is 0 Å². The molecular formula is H6NO4Sb. The first-order valence-electron chi connectivity index (χ1n) is 0.783. The first-order valence-corrected chi connectivity index (χ1v) is 5.25. The zero-order valence-electron chi connectivity index (χ0n) is 2.90. The molecule has 40 valence electrons. The van der Waals surface area contributed by atoms with Crippen molar-refractivity contribution in [3.05, 3.63) is 0 Å². The van der Waals surface area contributed by atoms with E-state index in [0.29, 0.717) is 0 Å². The van der Waals surface area contributed by atoms with Crippen molar-refractivity contribution in [1.82, 2.24) is 6.15 Å². The van der Waals surface area contributed by atoms with E-state index in [4.69, 9.17) is 13.2 Å². The van der Waals surface area contributed by atoms with E-state index in [1.807, 2.05) is 0 Å². The summed E-state index contributed by atoms with van der Waals surface area (Å²) >= 11 is -5.35. The first-order chi connectivity index (χ1) is 2.00. The van der Waals surface area contributed by atoms with Crippen LogP contribution in [-0.2, 0) is 3.02 Å². The van der Waals surface area contributed by atoms with E-state index in [0.717, 1.165) is 0 Å². The van der Waals surface area contributed by atoms with Crippen molar-refractivity contribution in [1.29, 1.82) is 0 Å². The van der Waals surface area contributed by atoms with Crippen molar-refractivity contribution in [2.75, 3.05) is 0 Å². The second-order valence-electron chi connectivity index (χ2n) is 0.513. The molecule has 0 amide bonds. The quantitative estimate of drug-likeness (QED) is 0.342. The molecule has 0 heterocycles. The molecule has 0 aliphatic rings.